The molecule has 2 aromatic rings. The van der Waals surface area contributed by atoms with Gasteiger partial charge in [0, 0.05) is 19.3 Å². The fourth-order valence-electron chi connectivity index (χ4n) is 2.83. The van der Waals surface area contributed by atoms with Gasteiger partial charge in [0.15, 0.2) is 0 Å². The van der Waals surface area contributed by atoms with Crippen molar-refractivity contribution in [2.24, 2.45) is 5.73 Å². The Kier molecular flexibility index (Phi) is 3.66. The third-order valence-corrected chi connectivity index (χ3v) is 3.85. The number of amides is 1. The predicted octanol–water partition coefficient (Wildman–Crippen LogP) is 1.37. The first-order chi connectivity index (χ1) is 10.1. The normalized spacial score (nSPS) is 16.2. The zero-order valence-electron chi connectivity index (χ0n) is 12.0. The molecule has 1 aliphatic heterocycles. The maximum absolute atomic E-state index is 11.9. The van der Waals surface area contributed by atoms with Crippen molar-refractivity contribution in [3.05, 3.63) is 59.2 Å². The fraction of sp³-hybridized carbons (Fsp3) is 0.312. The number of primary amides is 1. The van der Waals surface area contributed by atoms with Crippen molar-refractivity contribution in [2.45, 2.75) is 25.9 Å². The van der Waals surface area contributed by atoms with E-state index in [1.807, 2.05) is 43.5 Å². The van der Waals surface area contributed by atoms with Crippen LogP contribution >= 0.6 is 0 Å². The summed E-state index contributed by atoms with van der Waals surface area (Å²) >= 11 is 0. The average molecular weight is 282 g/mol. The van der Waals surface area contributed by atoms with Crippen molar-refractivity contribution >= 4 is 5.91 Å². The molecule has 0 bridgehead atoms. The van der Waals surface area contributed by atoms with Crippen LogP contribution in [-0.2, 0) is 17.8 Å². The Bertz CT molecular complexity index is 657. The summed E-state index contributed by atoms with van der Waals surface area (Å²) in [5.74, 6) is 0.432. The van der Waals surface area contributed by atoms with Crippen LogP contribution in [0, 0.1) is 6.92 Å². The summed E-state index contributed by atoms with van der Waals surface area (Å²) in [5, 5.41) is 0. The van der Waals surface area contributed by atoms with Gasteiger partial charge in [-0.1, -0.05) is 30.3 Å². The van der Waals surface area contributed by atoms with E-state index >= 15 is 0 Å². The Labute approximate surface area is 123 Å². The highest BCUT2D eigenvalue weighted by molar-refractivity contribution is 5.81. The monoisotopic (exact) mass is 282 g/mol. The van der Waals surface area contributed by atoms with Crippen molar-refractivity contribution in [1.82, 2.24) is 14.9 Å². The van der Waals surface area contributed by atoms with Gasteiger partial charge in [0.2, 0.25) is 5.91 Å². The lowest BCUT2D eigenvalue weighted by atomic mass is 10.00. The molecule has 108 valence electrons. The standard InChI is InChI=1S/C16H18N4O/c1-11-18-9-13-7-8-20(10-14(13)19-11)15(16(17)21)12-5-3-2-4-6-12/h2-6,9,15H,7-8,10H2,1H3,(H2,17,21)/t15-/m0/s1. The molecule has 0 radical (unpaired) electrons. The van der Waals surface area contributed by atoms with Gasteiger partial charge in [-0.2, -0.15) is 0 Å². The number of benzene rings is 1. The number of nitrogens with zero attached hydrogens (tertiary/aromatic N) is 3. The molecule has 21 heavy (non-hydrogen) atoms. The van der Waals surface area contributed by atoms with Crippen LogP contribution in [0.5, 0.6) is 0 Å². The van der Waals surface area contributed by atoms with Crippen LogP contribution in [0.15, 0.2) is 36.5 Å². The molecule has 0 fully saturated rings. The largest absolute Gasteiger partial charge is 0.368 e. The smallest absolute Gasteiger partial charge is 0.239 e. The molecule has 1 amide bonds. The summed E-state index contributed by atoms with van der Waals surface area (Å²) < 4.78 is 0. The second-order valence-corrected chi connectivity index (χ2v) is 5.33. The van der Waals surface area contributed by atoms with Gasteiger partial charge in [-0.3, -0.25) is 9.69 Å². The van der Waals surface area contributed by atoms with Crippen LogP contribution in [0.25, 0.3) is 0 Å². The summed E-state index contributed by atoms with van der Waals surface area (Å²) in [6.45, 7) is 3.28. The molecule has 3 rings (SSSR count). The zero-order chi connectivity index (χ0) is 14.8. The van der Waals surface area contributed by atoms with Crippen molar-refractivity contribution in [3.8, 4) is 0 Å². The lowest BCUT2D eigenvalue weighted by molar-refractivity contribution is -0.123. The molecule has 5 heteroatoms. The minimum absolute atomic E-state index is 0.324. The van der Waals surface area contributed by atoms with Gasteiger partial charge in [0.1, 0.15) is 11.9 Å². The van der Waals surface area contributed by atoms with E-state index in [1.165, 1.54) is 0 Å². The molecule has 1 atom stereocenters. The number of hydrogen-bond donors (Lipinski definition) is 1. The molecule has 0 aliphatic carbocycles. The second kappa shape index (κ2) is 5.61. The van der Waals surface area contributed by atoms with Crippen molar-refractivity contribution in [1.29, 1.82) is 0 Å². The van der Waals surface area contributed by atoms with E-state index in [1.54, 1.807) is 0 Å². The number of nitrogens with two attached hydrogens (primary N) is 1. The summed E-state index contributed by atoms with van der Waals surface area (Å²) in [6.07, 6.45) is 2.73. The van der Waals surface area contributed by atoms with E-state index in [2.05, 4.69) is 14.9 Å². The van der Waals surface area contributed by atoms with Gasteiger partial charge in [-0.15, -0.1) is 0 Å². The first-order valence-corrected chi connectivity index (χ1v) is 7.05. The molecule has 1 aromatic carbocycles. The first kappa shape index (κ1) is 13.7. The Morgan fingerprint density at radius 1 is 1.33 bits per heavy atom. The second-order valence-electron chi connectivity index (χ2n) is 5.33. The molecule has 0 unspecified atom stereocenters. The molecule has 0 saturated carbocycles. The number of aromatic nitrogens is 2. The van der Waals surface area contributed by atoms with Crippen LogP contribution in [0.2, 0.25) is 0 Å². The van der Waals surface area contributed by atoms with Gasteiger partial charge in [0.05, 0.1) is 5.69 Å². The summed E-state index contributed by atoms with van der Waals surface area (Å²) in [4.78, 5) is 22.7. The highest BCUT2D eigenvalue weighted by Crippen LogP contribution is 2.26. The van der Waals surface area contributed by atoms with Gasteiger partial charge in [-0.25, -0.2) is 9.97 Å². The van der Waals surface area contributed by atoms with Crippen molar-refractivity contribution in [2.75, 3.05) is 6.54 Å². The number of carbonyl (C=O) groups excluding carboxylic acids is 1. The topological polar surface area (TPSA) is 72.1 Å². The Balaban J connectivity index is 1.91. The van der Waals surface area contributed by atoms with E-state index in [-0.39, 0.29) is 5.91 Å². The average Bonchev–Trinajstić information content (AvgIpc) is 2.48. The summed E-state index contributed by atoms with van der Waals surface area (Å²) in [5.41, 5.74) is 8.72. The van der Waals surface area contributed by atoms with E-state index < -0.39 is 6.04 Å². The quantitative estimate of drug-likeness (QED) is 0.923. The summed E-state index contributed by atoms with van der Waals surface area (Å²) in [7, 11) is 0. The van der Waals surface area contributed by atoms with Crippen molar-refractivity contribution in [3.63, 3.8) is 0 Å². The van der Waals surface area contributed by atoms with Crippen LogP contribution < -0.4 is 5.73 Å². The maximum atomic E-state index is 11.9. The van der Waals surface area contributed by atoms with Gasteiger partial charge in [0.25, 0.3) is 0 Å². The van der Waals surface area contributed by atoms with E-state index in [9.17, 15) is 4.79 Å². The molecule has 2 N–H and O–H groups in total. The minimum atomic E-state index is -0.408. The molecule has 5 nitrogen and oxygen atoms in total. The molecule has 2 heterocycles. The van der Waals surface area contributed by atoms with Crippen LogP contribution in [0.1, 0.15) is 28.7 Å². The number of fused-ring (bicyclic) bond motifs is 1. The zero-order valence-corrected chi connectivity index (χ0v) is 12.0. The lowest BCUT2D eigenvalue weighted by Crippen LogP contribution is -2.41. The van der Waals surface area contributed by atoms with Gasteiger partial charge >= 0.3 is 0 Å². The number of aryl methyl sites for hydroxylation is 1. The fourth-order valence-corrected chi connectivity index (χ4v) is 2.83. The van der Waals surface area contributed by atoms with E-state index in [0.717, 1.165) is 35.6 Å². The van der Waals surface area contributed by atoms with Gasteiger partial charge < -0.3 is 5.73 Å². The third kappa shape index (κ3) is 2.78. The van der Waals surface area contributed by atoms with Crippen LogP contribution in [-0.4, -0.2) is 27.3 Å². The number of carbonyl (C=O) groups is 1. The SMILES string of the molecule is Cc1ncc2c(n1)CN([C@H](C(N)=O)c1ccccc1)CC2. The Morgan fingerprint density at radius 3 is 2.81 bits per heavy atom. The molecule has 1 aromatic heterocycles. The number of hydrogen-bond acceptors (Lipinski definition) is 4. The van der Waals surface area contributed by atoms with Gasteiger partial charge in [-0.05, 0) is 24.5 Å². The lowest BCUT2D eigenvalue weighted by Gasteiger charge is -2.33. The highest BCUT2D eigenvalue weighted by Gasteiger charge is 2.29. The maximum Gasteiger partial charge on any atom is 0.239 e. The van der Waals surface area contributed by atoms with Crippen LogP contribution in [0.3, 0.4) is 0 Å². The predicted molar refractivity (Wildman–Crippen MR) is 79.3 cm³/mol. The number of rotatable bonds is 3. The van der Waals surface area contributed by atoms with Crippen molar-refractivity contribution < 1.29 is 4.79 Å². The third-order valence-electron chi connectivity index (χ3n) is 3.85. The Morgan fingerprint density at radius 2 is 2.10 bits per heavy atom. The highest BCUT2D eigenvalue weighted by atomic mass is 16.1. The molecule has 0 spiro atoms. The summed E-state index contributed by atoms with van der Waals surface area (Å²) in [6, 6.07) is 9.26. The van der Waals surface area contributed by atoms with E-state index in [0.29, 0.717) is 6.54 Å². The van der Waals surface area contributed by atoms with Crippen LogP contribution in [0.4, 0.5) is 0 Å². The van der Waals surface area contributed by atoms with E-state index in [4.69, 9.17) is 5.73 Å². The molecular formula is C16H18N4O. The first-order valence-electron chi connectivity index (χ1n) is 7.05. The Hall–Kier alpha value is -2.27. The minimum Gasteiger partial charge on any atom is -0.368 e. The molecule has 0 saturated heterocycles. The molecule has 1 aliphatic rings. The molecular weight excluding hydrogens is 264 g/mol.